The van der Waals surface area contributed by atoms with Gasteiger partial charge in [-0.15, -0.1) is 0 Å². The summed E-state index contributed by atoms with van der Waals surface area (Å²) in [6, 6.07) is 4.77. The van der Waals surface area contributed by atoms with Crippen LogP contribution in [0.3, 0.4) is 0 Å². The predicted octanol–water partition coefficient (Wildman–Crippen LogP) is 1.94. The first kappa shape index (κ1) is 13.3. The zero-order valence-electron chi connectivity index (χ0n) is 10.9. The summed E-state index contributed by atoms with van der Waals surface area (Å²) in [5, 5.41) is 13.7. The van der Waals surface area contributed by atoms with E-state index in [2.05, 4.69) is 5.32 Å². The molecule has 1 N–H and O–H groups in total. The smallest absolute Gasteiger partial charge is 0.272 e. The molecule has 1 aliphatic heterocycles. The Morgan fingerprint density at radius 3 is 2.68 bits per heavy atom. The van der Waals surface area contributed by atoms with Gasteiger partial charge in [0.15, 0.2) is 0 Å². The second-order valence-corrected chi connectivity index (χ2v) is 4.70. The standard InChI is InChI=1S/C13H17N3O3/c1-10-8-11(4-5-12(10)16(18)19)14-9-13(17)15-6-2-3-7-15/h4-5,8,14H,2-3,6-7,9H2,1H3. The number of nitro groups is 1. The van der Waals surface area contributed by atoms with E-state index >= 15 is 0 Å². The number of hydrogen-bond donors (Lipinski definition) is 1. The maximum Gasteiger partial charge on any atom is 0.272 e. The van der Waals surface area contributed by atoms with Gasteiger partial charge in [0.1, 0.15) is 0 Å². The van der Waals surface area contributed by atoms with Crippen LogP contribution in [0.25, 0.3) is 0 Å². The summed E-state index contributed by atoms with van der Waals surface area (Å²) >= 11 is 0. The first-order chi connectivity index (χ1) is 9.08. The van der Waals surface area contributed by atoms with Crippen molar-refractivity contribution in [2.24, 2.45) is 0 Å². The van der Waals surface area contributed by atoms with Crippen molar-refractivity contribution in [1.82, 2.24) is 4.90 Å². The molecule has 0 unspecified atom stereocenters. The number of benzene rings is 1. The minimum atomic E-state index is -0.408. The Morgan fingerprint density at radius 2 is 2.11 bits per heavy atom. The molecule has 1 amide bonds. The Kier molecular flexibility index (Phi) is 3.99. The number of carbonyl (C=O) groups excluding carboxylic acids is 1. The molecule has 102 valence electrons. The first-order valence-electron chi connectivity index (χ1n) is 6.34. The van der Waals surface area contributed by atoms with E-state index in [-0.39, 0.29) is 18.1 Å². The van der Waals surface area contributed by atoms with Crippen LogP contribution < -0.4 is 5.32 Å². The molecule has 0 radical (unpaired) electrons. The molecule has 1 aromatic rings. The molecule has 6 heteroatoms. The second-order valence-electron chi connectivity index (χ2n) is 4.70. The monoisotopic (exact) mass is 263 g/mol. The summed E-state index contributed by atoms with van der Waals surface area (Å²) in [6.45, 7) is 3.59. The third-order valence-corrected chi connectivity index (χ3v) is 3.30. The molecular formula is C13H17N3O3. The molecule has 1 fully saturated rings. The molecule has 0 saturated carbocycles. The number of hydrogen-bond acceptors (Lipinski definition) is 4. The number of carbonyl (C=O) groups is 1. The highest BCUT2D eigenvalue weighted by molar-refractivity contribution is 5.81. The zero-order chi connectivity index (χ0) is 13.8. The van der Waals surface area contributed by atoms with Crippen molar-refractivity contribution in [2.45, 2.75) is 19.8 Å². The van der Waals surface area contributed by atoms with Gasteiger partial charge < -0.3 is 10.2 Å². The van der Waals surface area contributed by atoms with Crippen LogP contribution in [0.2, 0.25) is 0 Å². The topological polar surface area (TPSA) is 75.5 Å². The van der Waals surface area contributed by atoms with Gasteiger partial charge in [0.05, 0.1) is 11.5 Å². The van der Waals surface area contributed by atoms with Crippen molar-refractivity contribution in [1.29, 1.82) is 0 Å². The highest BCUT2D eigenvalue weighted by atomic mass is 16.6. The lowest BCUT2D eigenvalue weighted by atomic mass is 10.2. The highest BCUT2D eigenvalue weighted by Gasteiger charge is 2.17. The summed E-state index contributed by atoms with van der Waals surface area (Å²) in [6.07, 6.45) is 2.14. The molecule has 0 bridgehead atoms. The van der Waals surface area contributed by atoms with E-state index in [1.54, 1.807) is 19.1 Å². The normalized spacial score (nSPS) is 14.5. The lowest BCUT2D eigenvalue weighted by Gasteiger charge is -2.16. The number of nitrogens with one attached hydrogen (secondary N) is 1. The van der Waals surface area contributed by atoms with Crippen molar-refractivity contribution in [2.75, 3.05) is 25.0 Å². The number of likely N-dealkylation sites (tertiary alicyclic amines) is 1. The fourth-order valence-electron chi connectivity index (χ4n) is 2.23. The molecule has 1 heterocycles. The van der Waals surface area contributed by atoms with Crippen LogP contribution in [0, 0.1) is 17.0 Å². The quantitative estimate of drug-likeness (QED) is 0.665. The van der Waals surface area contributed by atoms with Crippen LogP contribution in [0.15, 0.2) is 18.2 Å². The van der Waals surface area contributed by atoms with Crippen LogP contribution in [0.4, 0.5) is 11.4 Å². The molecule has 0 aromatic heterocycles. The zero-order valence-corrected chi connectivity index (χ0v) is 10.9. The van der Waals surface area contributed by atoms with E-state index in [1.807, 2.05) is 4.90 Å². The number of nitrogens with zero attached hydrogens (tertiary/aromatic N) is 2. The van der Waals surface area contributed by atoms with E-state index in [9.17, 15) is 14.9 Å². The van der Waals surface area contributed by atoms with Crippen LogP contribution in [0.1, 0.15) is 18.4 Å². The van der Waals surface area contributed by atoms with E-state index in [0.29, 0.717) is 5.56 Å². The first-order valence-corrected chi connectivity index (χ1v) is 6.34. The Hall–Kier alpha value is -2.11. The number of amides is 1. The number of aryl methyl sites for hydroxylation is 1. The minimum absolute atomic E-state index is 0.0773. The van der Waals surface area contributed by atoms with Crippen molar-refractivity contribution in [3.63, 3.8) is 0 Å². The average Bonchev–Trinajstić information content (AvgIpc) is 2.89. The minimum Gasteiger partial charge on any atom is -0.376 e. The predicted molar refractivity (Wildman–Crippen MR) is 72.1 cm³/mol. The van der Waals surface area contributed by atoms with Crippen LogP contribution in [-0.2, 0) is 4.79 Å². The Morgan fingerprint density at radius 1 is 1.42 bits per heavy atom. The second kappa shape index (κ2) is 5.69. The Bertz CT molecular complexity index is 496. The maximum absolute atomic E-state index is 11.8. The van der Waals surface area contributed by atoms with Crippen molar-refractivity contribution >= 4 is 17.3 Å². The highest BCUT2D eigenvalue weighted by Crippen LogP contribution is 2.21. The SMILES string of the molecule is Cc1cc(NCC(=O)N2CCCC2)ccc1[N+](=O)[O-]. The third kappa shape index (κ3) is 3.21. The summed E-state index contributed by atoms with van der Waals surface area (Å²) < 4.78 is 0. The molecule has 0 spiro atoms. The van der Waals surface area contributed by atoms with Crippen LogP contribution in [0.5, 0.6) is 0 Å². The molecular weight excluding hydrogens is 246 g/mol. The summed E-state index contributed by atoms with van der Waals surface area (Å²) in [5.41, 5.74) is 1.41. The van der Waals surface area contributed by atoms with Gasteiger partial charge in [0.2, 0.25) is 5.91 Å². The van der Waals surface area contributed by atoms with Gasteiger partial charge in [-0.3, -0.25) is 14.9 Å². The molecule has 19 heavy (non-hydrogen) atoms. The van der Waals surface area contributed by atoms with Gasteiger partial charge in [-0.1, -0.05) is 0 Å². The number of rotatable bonds is 4. The molecule has 1 aliphatic rings. The largest absolute Gasteiger partial charge is 0.376 e. The van der Waals surface area contributed by atoms with Crippen LogP contribution >= 0.6 is 0 Å². The van der Waals surface area contributed by atoms with Gasteiger partial charge in [-0.2, -0.15) is 0 Å². The van der Waals surface area contributed by atoms with Crippen LogP contribution in [-0.4, -0.2) is 35.4 Å². The number of anilines is 1. The fraction of sp³-hybridized carbons (Fsp3) is 0.462. The van der Waals surface area contributed by atoms with Crippen molar-refractivity contribution in [3.05, 3.63) is 33.9 Å². The number of nitro benzene ring substituents is 1. The van der Waals surface area contributed by atoms with E-state index in [0.717, 1.165) is 31.6 Å². The van der Waals surface area contributed by atoms with E-state index in [4.69, 9.17) is 0 Å². The Balaban J connectivity index is 1.94. The van der Waals surface area contributed by atoms with E-state index < -0.39 is 4.92 Å². The maximum atomic E-state index is 11.8. The average molecular weight is 263 g/mol. The molecule has 6 nitrogen and oxygen atoms in total. The molecule has 0 aliphatic carbocycles. The van der Waals surface area contributed by atoms with Gasteiger partial charge in [0, 0.05) is 30.4 Å². The van der Waals surface area contributed by atoms with Gasteiger partial charge >= 0.3 is 0 Å². The lowest BCUT2D eigenvalue weighted by molar-refractivity contribution is -0.385. The lowest BCUT2D eigenvalue weighted by Crippen LogP contribution is -2.32. The van der Waals surface area contributed by atoms with E-state index in [1.165, 1.54) is 6.07 Å². The van der Waals surface area contributed by atoms with Crippen molar-refractivity contribution in [3.8, 4) is 0 Å². The summed E-state index contributed by atoms with van der Waals surface area (Å²) in [7, 11) is 0. The van der Waals surface area contributed by atoms with Gasteiger partial charge in [-0.25, -0.2) is 0 Å². The molecule has 1 aromatic carbocycles. The fourth-order valence-corrected chi connectivity index (χ4v) is 2.23. The summed E-state index contributed by atoms with van der Waals surface area (Å²) in [5.74, 6) is 0.0773. The molecule has 1 saturated heterocycles. The van der Waals surface area contributed by atoms with Gasteiger partial charge in [0.25, 0.3) is 5.69 Å². The molecule has 2 rings (SSSR count). The van der Waals surface area contributed by atoms with Crippen molar-refractivity contribution < 1.29 is 9.72 Å². The molecule has 0 atom stereocenters. The summed E-state index contributed by atoms with van der Waals surface area (Å²) in [4.78, 5) is 24.0. The third-order valence-electron chi connectivity index (χ3n) is 3.30. The van der Waals surface area contributed by atoms with Gasteiger partial charge in [-0.05, 0) is 31.9 Å². The Labute approximate surface area is 111 Å².